The summed E-state index contributed by atoms with van der Waals surface area (Å²) in [6.45, 7) is 4.06. The largest absolute Gasteiger partial charge is 0.305 e. The fourth-order valence-electron chi connectivity index (χ4n) is 1.49. The Hall–Kier alpha value is -1.68. The van der Waals surface area contributed by atoms with E-state index in [4.69, 9.17) is 0 Å². The summed E-state index contributed by atoms with van der Waals surface area (Å²) in [4.78, 5) is 15.8. The number of thiazole rings is 1. The number of nitrogens with one attached hydrogen (secondary N) is 1. The number of benzene rings is 1. The molecule has 2 rings (SSSR count). The molecule has 3 nitrogen and oxygen atoms in total. The average Bonchev–Trinajstić information content (AvgIpc) is 2.61. The summed E-state index contributed by atoms with van der Waals surface area (Å²) < 4.78 is 0. The standard InChI is InChI=1S/C12H12N2OS/c1-8-3-5-10(6-4-8)11-9(2)16-12(14-11)13-7-15/h3-7H,1-2H3,(H,13,14,15). The summed E-state index contributed by atoms with van der Waals surface area (Å²) in [5, 5.41) is 3.22. The van der Waals surface area contributed by atoms with Gasteiger partial charge in [-0.1, -0.05) is 29.8 Å². The Bertz CT molecular complexity index is 502. The van der Waals surface area contributed by atoms with Gasteiger partial charge < -0.3 is 5.32 Å². The first-order chi connectivity index (χ1) is 7.70. The Balaban J connectivity index is 2.39. The molecular weight excluding hydrogens is 220 g/mol. The molecule has 0 atom stereocenters. The van der Waals surface area contributed by atoms with E-state index in [-0.39, 0.29) is 0 Å². The van der Waals surface area contributed by atoms with Crippen LogP contribution in [-0.2, 0) is 4.79 Å². The predicted octanol–water partition coefficient (Wildman–Crippen LogP) is 3.00. The zero-order chi connectivity index (χ0) is 11.5. The minimum atomic E-state index is 0.642. The topological polar surface area (TPSA) is 42.0 Å². The van der Waals surface area contributed by atoms with Crippen LogP contribution in [0.25, 0.3) is 11.3 Å². The second-order valence-corrected chi connectivity index (χ2v) is 4.76. The van der Waals surface area contributed by atoms with Crippen molar-refractivity contribution in [1.82, 2.24) is 4.98 Å². The third-order valence-electron chi connectivity index (χ3n) is 2.30. The van der Waals surface area contributed by atoms with Crippen molar-refractivity contribution in [1.29, 1.82) is 0 Å². The number of aromatic nitrogens is 1. The molecule has 0 spiro atoms. The van der Waals surface area contributed by atoms with E-state index in [9.17, 15) is 4.79 Å². The molecule has 1 aromatic heterocycles. The maximum absolute atomic E-state index is 10.3. The van der Waals surface area contributed by atoms with Gasteiger partial charge in [-0.2, -0.15) is 0 Å². The van der Waals surface area contributed by atoms with Crippen LogP contribution >= 0.6 is 11.3 Å². The van der Waals surface area contributed by atoms with E-state index in [1.54, 1.807) is 0 Å². The molecule has 0 fully saturated rings. The van der Waals surface area contributed by atoms with Gasteiger partial charge in [0.2, 0.25) is 6.41 Å². The molecule has 0 aliphatic carbocycles. The second kappa shape index (κ2) is 4.45. The first kappa shape index (κ1) is 10.8. The quantitative estimate of drug-likeness (QED) is 0.826. The maximum Gasteiger partial charge on any atom is 0.213 e. The van der Waals surface area contributed by atoms with Crippen LogP contribution in [0.15, 0.2) is 24.3 Å². The second-order valence-electron chi connectivity index (χ2n) is 3.55. The normalized spacial score (nSPS) is 10.1. The molecule has 82 valence electrons. The molecule has 1 N–H and O–H groups in total. The van der Waals surface area contributed by atoms with E-state index in [1.165, 1.54) is 16.9 Å². The average molecular weight is 232 g/mol. The maximum atomic E-state index is 10.3. The van der Waals surface area contributed by atoms with Crippen LogP contribution in [0.2, 0.25) is 0 Å². The number of hydrogen-bond acceptors (Lipinski definition) is 3. The Morgan fingerprint density at radius 1 is 1.25 bits per heavy atom. The number of amides is 1. The number of nitrogens with zero attached hydrogens (tertiary/aromatic N) is 1. The molecular formula is C12H12N2OS. The summed E-state index contributed by atoms with van der Waals surface area (Å²) in [7, 11) is 0. The molecule has 0 aliphatic rings. The predicted molar refractivity (Wildman–Crippen MR) is 66.7 cm³/mol. The van der Waals surface area contributed by atoms with Gasteiger partial charge in [0.15, 0.2) is 5.13 Å². The van der Waals surface area contributed by atoms with Gasteiger partial charge >= 0.3 is 0 Å². The van der Waals surface area contributed by atoms with E-state index in [2.05, 4.69) is 29.4 Å². The van der Waals surface area contributed by atoms with Gasteiger partial charge in [-0.15, -0.1) is 11.3 Å². The Labute approximate surface area is 98.2 Å². The smallest absolute Gasteiger partial charge is 0.213 e. The number of hydrogen-bond donors (Lipinski definition) is 1. The van der Waals surface area contributed by atoms with Crippen LogP contribution < -0.4 is 5.32 Å². The number of rotatable bonds is 3. The van der Waals surface area contributed by atoms with Gasteiger partial charge in [-0.3, -0.25) is 4.79 Å². The molecule has 0 bridgehead atoms. The Kier molecular flexibility index (Phi) is 3.01. The summed E-state index contributed by atoms with van der Waals surface area (Å²) in [6, 6.07) is 8.20. The SMILES string of the molecule is Cc1ccc(-c2nc(NC=O)sc2C)cc1. The molecule has 2 aromatic rings. The van der Waals surface area contributed by atoms with Crippen molar-refractivity contribution in [2.24, 2.45) is 0 Å². The summed E-state index contributed by atoms with van der Waals surface area (Å²) in [5.41, 5.74) is 3.25. The first-order valence-electron chi connectivity index (χ1n) is 4.95. The van der Waals surface area contributed by atoms with E-state index in [0.29, 0.717) is 11.5 Å². The third kappa shape index (κ3) is 2.12. The number of carbonyl (C=O) groups excluding carboxylic acids is 1. The van der Waals surface area contributed by atoms with Crippen molar-refractivity contribution < 1.29 is 4.79 Å². The molecule has 0 saturated carbocycles. The summed E-state index contributed by atoms with van der Waals surface area (Å²) >= 11 is 1.48. The van der Waals surface area contributed by atoms with Gasteiger partial charge in [0.25, 0.3) is 0 Å². The van der Waals surface area contributed by atoms with Crippen LogP contribution in [0.3, 0.4) is 0 Å². The number of aryl methyl sites for hydroxylation is 2. The molecule has 0 aliphatic heterocycles. The lowest BCUT2D eigenvalue weighted by Crippen LogP contribution is -1.92. The molecule has 0 saturated heterocycles. The highest BCUT2D eigenvalue weighted by Gasteiger charge is 2.08. The van der Waals surface area contributed by atoms with Crippen LogP contribution in [0.4, 0.5) is 5.13 Å². The minimum absolute atomic E-state index is 0.642. The van der Waals surface area contributed by atoms with Gasteiger partial charge in [-0.05, 0) is 13.8 Å². The first-order valence-corrected chi connectivity index (χ1v) is 5.77. The van der Waals surface area contributed by atoms with Gasteiger partial charge in [0.05, 0.1) is 5.69 Å². The molecule has 0 radical (unpaired) electrons. The fourth-order valence-corrected chi connectivity index (χ4v) is 2.28. The molecule has 16 heavy (non-hydrogen) atoms. The van der Waals surface area contributed by atoms with Crippen molar-refractivity contribution in [2.45, 2.75) is 13.8 Å². The lowest BCUT2D eigenvalue weighted by Gasteiger charge is -1.98. The van der Waals surface area contributed by atoms with Crippen molar-refractivity contribution >= 4 is 22.9 Å². The van der Waals surface area contributed by atoms with Gasteiger partial charge in [0.1, 0.15) is 0 Å². The van der Waals surface area contributed by atoms with Crippen LogP contribution in [0, 0.1) is 13.8 Å². The summed E-state index contributed by atoms with van der Waals surface area (Å²) in [5.74, 6) is 0. The zero-order valence-electron chi connectivity index (χ0n) is 9.15. The van der Waals surface area contributed by atoms with E-state index in [0.717, 1.165) is 16.1 Å². The third-order valence-corrected chi connectivity index (χ3v) is 3.21. The summed E-state index contributed by atoms with van der Waals surface area (Å²) in [6.07, 6.45) is 0.650. The Morgan fingerprint density at radius 3 is 2.56 bits per heavy atom. The lowest BCUT2D eigenvalue weighted by atomic mass is 10.1. The van der Waals surface area contributed by atoms with E-state index in [1.807, 2.05) is 19.1 Å². The lowest BCUT2D eigenvalue weighted by molar-refractivity contribution is -0.105. The molecule has 0 unspecified atom stereocenters. The minimum Gasteiger partial charge on any atom is -0.305 e. The van der Waals surface area contributed by atoms with Gasteiger partial charge in [0, 0.05) is 10.4 Å². The number of anilines is 1. The van der Waals surface area contributed by atoms with Crippen molar-refractivity contribution in [2.75, 3.05) is 5.32 Å². The Morgan fingerprint density at radius 2 is 1.94 bits per heavy atom. The van der Waals surface area contributed by atoms with Crippen LogP contribution in [0.5, 0.6) is 0 Å². The molecule has 1 amide bonds. The van der Waals surface area contributed by atoms with Crippen molar-refractivity contribution in [3.63, 3.8) is 0 Å². The van der Waals surface area contributed by atoms with Gasteiger partial charge in [-0.25, -0.2) is 4.98 Å². The van der Waals surface area contributed by atoms with E-state index < -0.39 is 0 Å². The highest BCUT2D eigenvalue weighted by molar-refractivity contribution is 7.16. The highest BCUT2D eigenvalue weighted by atomic mass is 32.1. The molecule has 4 heteroatoms. The van der Waals surface area contributed by atoms with Crippen molar-refractivity contribution in [3.8, 4) is 11.3 Å². The molecule has 1 heterocycles. The zero-order valence-corrected chi connectivity index (χ0v) is 9.97. The van der Waals surface area contributed by atoms with Crippen molar-refractivity contribution in [3.05, 3.63) is 34.7 Å². The fraction of sp³-hybridized carbons (Fsp3) is 0.167. The van der Waals surface area contributed by atoms with Crippen LogP contribution in [-0.4, -0.2) is 11.4 Å². The number of carbonyl (C=O) groups is 1. The van der Waals surface area contributed by atoms with E-state index >= 15 is 0 Å². The monoisotopic (exact) mass is 232 g/mol. The molecule has 1 aromatic carbocycles. The highest BCUT2D eigenvalue weighted by Crippen LogP contribution is 2.30. The van der Waals surface area contributed by atoms with Crippen LogP contribution in [0.1, 0.15) is 10.4 Å².